The van der Waals surface area contributed by atoms with Gasteiger partial charge in [0.25, 0.3) is 12.4 Å². The molecule has 0 aromatic carbocycles. The number of fused-ring (bicyclic) bond motifs is 1. The molecule has 3 aliphatic carbocycles. The smallest absolute Gasteiger partial charge is 0.290 e. The van der Waals surface area contributed by atoms with E-state index in [1.54, 1.807) is 6.20 Å². The summed E-state index contributed by atoms with van der Waals surface area (Å²) in [5.74, 6) is 1.36. The summed E-state index contributed by atoms with van der Waals surface area (Å²) in [6.45, 7) is 7.75. The standard InChI is InChI=1S/C24H35N5O2.2C2H6.CH2O2/c30-23(18-13-25-22-21(18)28-19(14-26-22)15-11-12-15)29-20(16-7-3-1-4-8-16)24(31)27-17-9-5-2-6-10-17;2*1-2;2-1-3/h13-17,20-21,28H,1-12H2,(H,25,26)(H,27,31)(H,29,30);2*1-2H3;1H,(H,2,3). The Morgan fingerprint density at radius 3 is 2.13 bits per heavy atom. The van der Waals surface area contributed by atoms with Crippen LogP contribution in [0, 0.1) is 11.8 Å². The molecule has 2 aliphatic heterocycles. The van der Waals surface area contributed by atoms with E-state index in [-0.39, 0.29) is 36.3 Å². The fraction of sp³-hybridized carbons (Fsp3) is 0.724. The first-order chi connectivity index (χ1) is 18.6. The molecule has 5 rings (SSSR count). The van der Waals surface area contributed by atoms with Gasteiger partial charge in [-0.05, 0) is 44.4 Å². The molecule has 2 unspecified atom stereocenters. The van der Waals surface area contributed by atoms with E-state index in [2.05, 4.69) is 26.3 Å². The van der Waals surface area contributed by atoms with Crippen LogP contribution < -0.4 is 21.3 Å². The van der Waals surface area contributed by atoms with Crippen LogP contribution in [0.25, 0.3) is 0 Å². The first kappa shape index (κ1) is 31.4. The number of amides is 2. The molecule has 214 valence electrons. The Balaban J connectivity index is 0.000000665. The van der Waals surface area contributed by atoms with Crippen LogP contribution >= 0.6 is 0 Å². The molecule has 0 bridgehead atoms. The van der Waals surface area contributed by atoms with Crippen molar-refractivity contribution in [2.45, 2.75) is 123 Å². The van der Waals surface area contributed by atoms with Crippen molar-refractivity contribution in [2.75, 3.05) is 0 Å². The minimum atomic E-state index is -0.463. The zero-order valence-electron chi connectivity index (χ0n) is 23.7. The van der Waals surface area contributed by atoms with Crippen molar-refractivity contribution in [3.63, 3.8) is 0 Å². The molecule has 0 saturated heterocycles. The van der Waals surface area contributed by atoms with Crippen LogP contribution in [0.15, 0.2) is 28.7 Å². The van der Waals surface area contributed by atoms with Gasteiger partial charge in [0.2, 0.25) is 5.91 Å². The van der Waals surface area contributed by atoms with Crippen LogP contribution in [-0.4, -0.2) is 47.4 Å². The molecule has 5 N–H and O–H groups in total. The zero-order valence-corrected chi connectivity index (χ0v) is 23.7. The predicted octanol–water partition coefficient (Wildman–Crippen LogP) is 4.36. The number of amidine groups is 1. The summed E-state index contributed by atoms with van der Waals surface area (Å²) < 4.78 is 0. The lowest BCUT2D eigenvalue weighted by Crippen LogP contribution is -2.56. The second-order valence-corrected chi connectivity index (χ2v) is 9.99. The molecule has 2 atom stereocenters. The van der Waals surface area contributed by atoms with Crippen LogP contribution in [-0.2, 0) is 14.4 Å². The average Bonchev–Trinajstić information content (AvgIpc) is 3.74. The lowest BCUT2D eigenvalue weighted by atomic mass is 9.83. The maximum Gasteiger partial charge on any atom is 0.290 e. The molecule has 3 fully saturated rings. The molecule has 9 heteroatoms. The highest BCUT2D eigenvalue weighted by atomic mass is 16.3. The number of nitrogens with zero attached hydrogens (tertiary/aromatic N) is 1. The summed E-state index contributed by atoms with van der Waals surface area (Å²) in [5.41, 5.74) is 1.75. The summed E-state index contributed by atoms with van der Waals surface area (Å²) in [6.07, 6.45) is 17.2. The normalized spacial score (nSPS) is 23.2. The number of carboxylic acid groups (broad SMARTS) is 1. The first-order valence-corrected chi connectivity index (χ1v) is 14.8. The summed E-state index contributed by atoms with van der Waals surface area (Å²) in [5, 5.41) is 20.0. The summed E-state index contributed by atoms with van der Waals surface area (Å²) >= 11 is 0. The Bertz CT molecular complexity index is 853. The Kier molecular flexibility index (Phi) is 13.9. The van der Waals surface area contributed by atoms with Gasteiger partial charge in [0.15, 0.2) is 0 Å². The van der Waals surface area contributed by atoms with Crippen molar-refractivity contribution >= 4 is 24.1 Å². The molecule has 2 heterocycles. The number of carbonyl (C=O) groups excluding carboxylic acids is 2. The van der Waals surface area contributed by atoms with Crippen molar-refractivity contribution in [3.05, 3.63) is 23.7 Å². The van der Waals surface area contributed by atoms with E-state index in [0.29, 0.717) is 11.5 Å². The lowest BCUT2D eigenvalue weighted by Gasteiger charge is -2.33. The maximum atomic E-state index is 13.3. The fourth-order valence-corrected chi connectivity index (χ4v) is 5.51. The number of nitrogens with one attached hydrogen (secondary N) is 4. The molecule has 2 amide bonds. The highest BCUT2D eigenvalue weighted by Gasteiger charge is 2.39. The molecule has 0 radical (unpaired) electrons. The molecule has 38 heavy (non-hydrogen) atoms. The topological polar surface area (TPSA) is 132 Å². The van der Waals surface area contributed by atoms with Crippen LogP contribution in [0.3, 0.4) is 0 Å². The van der Waals surface area contributed by atoms with Crippen LogP contribution in [0.1, 0.15) is 105 Å². The van der Waals surface area contributed by atoms with E-state index in [0.717, 1.165) is 50.1 Å². The van der Waals surface area contributed by atoms with Gasteiger partial charge in [-0.3, -0.25) is 14.4 Å². The van der Waals surface area contributed by atoms with E-state index in [4.69, 9.17) is 9.90 Å². The second-order valence-electron chi connectivity index (χ2n) is 9.99. The minimum absolute atomic E-state index is 0.000169. The van der Waals surface area contributed by atoms with Crippen LogP contribution in [0.2, 0.25) is 0 Å². The van der Waals surface area contributed by atoms with Crippen LogP contribution in [0.5, 0.6) is 0 Å². The number of hydrogen-bond acceptors (Lipinski definition) is 6. The van der Waals surface area contributed by atoms with Gasteiger partial charge in [0.05, 0.1) is 5.57 Å². The highest BCUT2D eigenvalue weighted by Crippen LogP contribution is 2.36. The van der Waals surface area contributed by atoms with Gasteiger partial charge in [-0.1, -0.05) is 66.2 Å². The van der Waals surface area contributed by atoms with E-state index < -0.39 is 6.04 Å². The van der Waals surface area contributed by atoms with Crippen molar-refractivity contribution in [2.24, 2.45) is 16.8 Å². The summed E-state index contributed by atoms with van der Waals surface area (Å²) in [4.78, 5) is 39.4. The summed E-state index contributed by atoms with van der Waals surface area (Å²) in [6, 6.07) is -0.455. The molecule has 9 nitrogen and oxygen atoms in total. The Hall–Kier alpha value is -2.84. The minimum Gasteiger partial charge on any atom is -0.483 e. The van der Waals surface area contributed by atoms with Crippen molar-refractivity contribution in [1.29, 1.82) is 0 Å². The molecule has 5 aliphatic rings. The van der Waals surface area contributed by atoms with Gasteiger partial charge in [-0.15, -0.1) is 0 Å². The quantitative estimate of drug-likeness (QED) is 0.324. The van der Waals surface area contributed by atoms with E-state index in [9.17, 15) is 9.59 Å². The van der Waals surface area contributed by atoms with E-state index in [1.807, 2.05) is 33.9 Å². The van der Waals surface area contributed by atoms with Gasteiger partial charge in [0.1, 0.15) is 17.9 Å². The third kappa shape index (κ3) is 8.88. The molecule has 3 saturated carbocycles. The average molecular weight is 532 g/mol. The number of hydrogen-bond donors (Lipinski definition) is 5. The Labute approximate surface area is 228 Å². The lowest BCUT2D eigenvalue weighted by molar-refractivity contribution is -0.130. The second kappa shape index (κ2) is 16.9. The molecule has 0 spiro atoms. The zero-order chi connectivity index (χ0) is 27.9. The van der Waals surface area contributed by atoms with Crippen molar-refractivity contribution < 1.29 is 19.5 Å². The third-order valence-electron chi connectivity index (χ3n) is 7.53. The van der Waals surface area contributed by atoms with Crippen molar-refractivity contribution in [1.82, 2.24) is 21.3 Å². The Morgan fingerprint density at radius 1 is 0.974 bits per heavy atom. The van der Waals surface area contributed by atoms with E-state index in [1.165, 1.54) is 38.5 Å². The first-order valence-electron chi connectivity index (χ1n) is 14.8. The van der Waals surface area contributed by atoms with Gasteiger partial charge >= 0.3 is 0 Å². The van der Waals surface area contributed by atoms with Gasteiger partial charge < -0.3 is 26.4 Å². The fourth-order valence-electron chi connectivity index (χ4n) is 5.51. The van der Waals surface area contributed by atoms with E-state index >= 15 is 0 Å². The number of rotatable bonds is 6. The monoisotopic (exact) mass is 531 g/mol. The number of carbonyl (C=O) groups is 3. The van der Waals surface area contributed by atoms with Crippen molar-refractivity contribution in [3.8, 4) is 0 Å². The third-order valence-corrected chi connectivity index (χ3v) is 7.53. The SMILES string of the molecule is CC.CC.O=C(NC(C(=O)NC1CCCCC1)C1CCCCC1)C1=CN=C2NC=C(C3CC3)NC12.O=CO. The largest absolute Gasteiger partial charge is 0.483 e. The number of aliphatic imine (C=N–C) groups is 1. The summed E-state index contributed by atoms with van der Waals surface area (Å²) in [7, 11) is 0. The van der Waals surface area contributed by atoms with Gasteiger partial charge in [0, 0.05) is 30.1 Å². The van der Waals surface area contributed by atoms with Gasteiger partial charge in [-0.25, -0.2) is 4.99 Å². The molecule has 0 aromatic rings. The molecule has 0 aromatic heterocycles. The van der Waals surface area contributed by atoms with Gasteiger partial charge in [-0.2, -0.15) is 0 Å². The Morgan fingerprint density at radius 2 is 1.55 bits per heavy atom. The highest BCUT2D eigenvalue weighted by molar-refractivity contribution is 6.08. The predicted molar refractivity (Wildman–Crippen MR) is 151 cm³/mol. The maximum absolute atomic E-state index is 13.3. The molecular formula is C29H49N5O4. The number of allylic oxidation sites excluding steroid dienone is 1. The molecular weight excluding hydrogens is 482 g/mol. The van der Waals surface area contributed by atoms with Crippen LogP contribution in [0.4, 0.5) is 0 Å².